The van der Waals surface area contributed by atoms with Gasteiger partial charge in [0.05, 0.1) is 0 Å². The Morgan fingerprint density at radius 1 is 1.06 bits per heavy atom. The molecule has 1 fully saturated rings. The van der Waals surface area contributed by atoms with Gasteiger partial charge in [-0.25, -0.2) is 0 Å². The van der Waals surface area contributed by atoms with Crippen molar-refractivity contribution in [2.45, 2.75) is 38.4 Å². The number of halogens is 4. The highest BCUT2D eigenvalue weighted by Gasteiger charge is 2.48. The number of alkyl halides is 3. The summed E-state index contributed by atoms with van der Waals surface area (Å²) in [6.45, 7) is 9.01. The molecule has 7 nitrogen and oxygen atoms in total. The van der Waals surface area contributed by atoms with Crippen molar-refractivity contribution in [3.63, 3.8) is 0 Å². The zero-order chi connectivity index (χ0) is 26.3. The van der Waals surface area contributed by atoms with Crippen molar-refractivity contribution in [3.05, 3.63) is 53.1 Å². The zero-order valence-electron chi connectivity index (χ0n) is 19.6. The van der Waals surface area contributed by atoms with Crippen molar-refractivity contribution in [2.75, 3.05) is 26.2 Å². The molecule has 194 valence electrons. The van der Waals surface area contributed by atoms with Crippen LogP contribution in [-0.4, -0.2) is 57.1 Å². The van der Waals surface area contributed by atoms with Gasteiger partial charge in [0.25, 0.3) is 6.47 Å². The lowest BCUT2D eigenvalue weighted by atomic mass is 9.98. The van der Waals surface area contributed by atoms with E-state index in [4.69, 9.17) is 11.6 Å². The van der Waals surface area contributed by atoms with Crippen LogP contribution in [0.1, 0.15) is 26.3 Å². The number of ether oxygens (including phenoxy) is 1. The number of benzene rings is 2. The highest BCUT2D eigenvalue weighted by molar-refractivity contribution is 7.88. The lowest BCUT2D eigenvalue weighted by molar-refractivity contribution is -0.138. The summed E-state index contributed by atoms with van der Waals surface area (Å²) in [7, 11) is -5.77. The number of hydrogen-bond donors (Lipinski definition) is 1. The topological polar surface area (TPSA) is 84.9 Å². The van der Waals surface area contributed by atoms with Crippen molar-refractivity contribution in [2.24, 2.45) is 0 Å². The van der Waals surface area contributed by atoms with Gasteiger partial charge in [0.15, 0.2) is 0 Å². The summed E-state index contributed by atoms with van der Waals surface area (Å²) >= 11 is 5.92. The Kier molecular flexibility index (Phi) is 9.96. The largest absolute Gasteiger partial charge is 0.534 e. The maximum atomic E-state index is 12.8. The van der Waals surface area contributed by atoms with Crippen LogP contribution in [0.3, 0.4) is 0 Å². The highest BCUT2D eigenvalue weighted by atomic mass is 35.5. The molecule has 1 saturated heterocycles. The molecule has 3 rings (SSSR count). The molecule has 12 heteroatoms. The minimum atomic E-state index is -5.77. The standard InChI is InChI=1S/C18H18ClF3N2O3S.C5H10O2/c19-14-6-4-13(5-7-14)15-2-1-3-17(27-28(25,26)18(20,21)22)16(15)12-24-10-8-23-9-11-24;1-5(2,3)7-4-6/h1-7,23H,8-12H2;4H,1-3H3. The number of rotatable bonds is 6. The Bertz CT molecular complexity index is 1080. The predicted molar refractivity (Wildman–Crippen MR) is 128 cm³/mol. The van der Waals surface area contributed by atoms with Gasteiger partial charge in [0.2, 0.25) is 0 Å². The summed E-state index contributed by atoms with van der Waals surface area (Å²) in [6, 6.07) is 11.2. The molecular formula is C23H28ClF3N2O5S. The van der Waals surface area contributed by atoms with Gasteiger partial charge in [-0.15, -0.1) is 0 Å². The summed E-state index contributed by atoms with van der Waals surface area (Å²) in [5, 5.41) is 3.71. The number of nitrogens with zero attached hydrogens (tertiary/aromatic N) is 1. The Labute approximate surface area is 208 Å². The summed E-state index contributed by atoms with van der Waals surface area (Å²) in [5.41, 5.74) is -4.16. The van der Waals surface area contributed by atoms with Crippen LogP contribution < -0.4 is 9.50 Å². The monoisotopic (exact) mass is 536 g/mol. The molecule has 0 amide bonds. The van der Waals surface area contributed by atoms with Crippen molar-refractivity contribution < 1.29 is 35.3 Å². The molecule has 1 heterocycles. The fraction of sp³-hybridized carbons (Fsp3) is 0.435. The van der Waals surface area contributed by atoms with E-state index in [-0.39, 0.29) is 17.9 Å². The molecule has 0 radical (unpaired) electrons. The van der Waals surface area contributed by atoms with Crippen LogP contribution in [0.25, 0.3) is 11.1 Å². The second-order valence-electron chi connectivity index (χ2n) is 8.62. The highest BCUT2D eigenvalue weighted by Crippen LogP contribution is 2.35. The van der Waals surface area contributed by atoms with Gasteiger partial charge in [-0.05, 0) is 50.1 Å². The lowest BCUT2D eigenvalue weighted by Crippen LogP contribution is -2.43. The van der Waals surface area contributed by atoms with E-state index in [2.05, 4.69) is 14.2 Å². The van der Waals surface area contributed by atoms with E-state index in [1.807, 2.05) is 25.7 Å². The SMILES string of the molecule is CC(C)(C)OC=O.O=S(=O)(Oc1cccc(-c2ccc(Cl)cc2)c1CN1CCNCC1)C(F)(F)F. The summed E-state index contributed by atoms with van der Waals surface area (Å²) in [6.07, 6.45) is 0. The molecule has 0 bridgehead atoms. The van der Waals surface area contributed by atoms with E-state index in [0.717, 1.165) is 13.1 Å². The number of nitrogens with one attached hydrogen (secondary N) is 1. The minimum absolute atomic E-state index is 0.253. The first-order chi connectivity index (χ1) is 16.2. The maximum Gasteiger partial charge on any atom is 0.534 e. The number of carbonyl (C=O) groups is 1. The quantitative estimate of drug-likeness (QED) is 0.328. The van der Waals surface area contributed by atoms with Gasteiger partial charge in [-0.2, -0.15) is 21.6 Å². The molecule has 2 aromatic rings. The van der Waals surface area contributed by atoms with Gasteiger partial charge in [-0.1, -0.05) is 35.9 Å². The van der Waals surface area contributed by atoms with E-state index in [1.165, 1.54) is 12.1 Å². The van der Waals surface area contributed by atoms with Gasteiger partial charge < -0.3 is 14.2 Å². The van der Waals surface area contributed by atoms with Crippen molar-refractivity contribution in [3.8, 4) is 16.9 Å². The molecular weight excluding hydrogens is 509 g/mol. The van der Waals surface area contributed by atoms with Gasteiger partial charge in [0.1, 0.15) is 11.4 Å². The molecule has 0 spiro atoms. The number of carbonyl (C=O) groups excluding carboxylic acids is 1. The Morgan fingerprint density at radius 2 is 1.66 bits per heavy atom. The zero-order valence-corrected chi connectivity index (χ0v) is 21.1. The van der Waals surface area contributed by atoms with Crippen LogP contribution in [0.15, 0.2) is 42.5 Å². The van der Waals surface area contributed by atoms with Crippen molar-refractivity contribution >= 4 is 28.2 Å². The molecule has 0 aromatic heterocycles. The molecule has 1 N–H and O–H groups in total. The molecule has 0 aliphatic carbocycles. The van der Waals surface area contributed by atoms with Crippen LogP contribution in [-0.2, 0) is 26.2 Å². The van der Waals surface area contributed by atoms with E-state index in [9.17, 15) is 26.4 Å². The van der Waals surface area contributed by atoms with E-state index < -0.39 is 15.6 Å². The maximum absolute atomic E-state index is 12.8. The van der Waals surface area contributed by atoms with Crippen LogP contribution in [0.2, 0.25) is 5.02 Å². The molecule has 2 aromatic carbocycles. The summed E-state index contributed by atoms with van der Waals surface area (Å²) < 4.78 is 70.7. The lowest BCUT2D eigenvalue weighted by Gasteiger charge is -2.28. The number of hydrogen-bond acceptors (Lipinski definition) is 7. The Hall–Kier alpha value is -2.34. The fourth-order valence-corrected chi connectivity index (χ4v) is 3.72. The van der Waals surface area contributed by atoms with Crippen LogP contribution in [0.4, 0.5) is 13.2 Å². The third kappa shape index (κ3) is 8.99. The molecule has 1 aliphatic rings. The third-order valence-electron chi connectivity index (χ3n) is 4.76. The van der Waals surface area contributed by atoms with Crippen molar-refractivity contribution in [1.29, 1.82) is 0 Å². The van der Waals surface area contributed by atoms with E-state index >= 15 is 0 Å². The first kappa shape index (κ1) is 28.9. The molecule has 0 unspecified atom stereocenters. The minimum Gasteiger partial charge on any atom is -0.462 e. The number of piperazine rings is 1. The van der Waals surface area contributed by atoms with E-state index in [1.54, 1.807) is 30.3 Å². The first-order valence-electron chi connectivity index (χ1n) is 10.7. The van der Waals surface area contributed by atoms with Crippen LogP contribution in [0, 0.1) is 0 Å². The van der Waals surface area contributed by atoms with Gasteiger partial charge in [0, 0.05) is 43.3 Å². The Balaban J connectivity index is 0.000000540. The normalized spacial score (nSPS) is 15.1. The van der Waals surface area contributed by atoms with Crippen LogP contribution in [0.5, 0.6) is 5.75 Å². The molecule has 35 heavy (non-hydrogen) atoms. The average Bonchev–Trinajstić information content (AvgIpc) is 2.75. The van der Waals surface area contributed by atoms with E-state index in [0.29, 0.717) is 41.3 Å². The fourth-order valence-electron chi connectivity index (χ4n) is 3.11. The average molecular weight is 537 g/mol. The third-order valence-corrected chi connectivity index (χ3v) is 5.98. The second kappa shape index (κ2) is 12.1. The van der Waals surface area contributed by atoms with Crippen LogP contribution >= 0.6 is 11.6 Å². The molecule has 0 saturated carbocycles. The van der Waals surface area contributed by atoms with Crippen molar-refractivity contribution in [1.82, 2.24) is 10.2 Å². The summed E-state index contributed by atoms with van der Waals surface area (Å²) in [4.78, 5) is 11.6. The Morgan fingerprint density at radius 3 is 2.14 bits per heavy atom. The van der Waals surface area contributed by atoms with Gasteiger partial charge >= 0.3 is 15.6 Å². The second-order valence-corrected chi connectivity index (χ2v) is 10.6. The smallest absolute Gasteiger partial charge is 0.462 e. The predicted octanol–water partition coefficient (Wildman–Crippen LogP) is 4.60. The molecule has 0 atom stereocenters. The summed E-state index contributed by atoms with van der Waals surface area (Å²) in [5.74, 6) is -0.330. The first-order valence-corrected chi connectivity index (χ1v) is 12.5. The van der Waals surface area contributed by atoms with Gasteiger partial charge in [-0.3, -0.25) is 9.69 Å². The molecule has 1 aliphatic heterocycles.